The Balaban J connectivity index is 2.45. The molecule has 2 atom stereocenters. The zero-order valence-electron chi connectivity index (χ0n) is 8.50. The molecule has 12 heavy (non-hydrogen) atoms. The van der Waals surface area contributed by atoms with Crippen LogP contribution in [0.4, 0.5) is 0 Å². The molecule has 1 saturated heterocycles. The average molecular weight is 169 g/mol. The molecule has 0 spiro atoms. The van der Waals surface area contributed by atoms with Gasteiger partial charge in [0, 0.05) is 12.6 Å². The molecule has 0 bridgehead atoms. The highest BCUT2D eigenvalue weighted by atomic mass is 16.2. The first-order valence-electron chi connectivity index (χ1n) is 4.88. The fourth-order valence-corrected chi connectivity index (χ4v) is 2.00. The lowest BCUT2D eigenvalue weighted by Gasteiger charge is -2.45. The summed E-state index contributed by atoms with van der Waals surface area (Å²) in [4.78, 5) is 13.4. The van der Waals surface area contributed by atoms with E-state index in [9.17, 15) is 4.79 Å². The third kappa shape index (κ3) is 1.47. The van der Waals surface area contributed by atoms with Crippen LogP contribution in [0.25, 0.3) is 0 Å². The Kier molecular flexibility index (Phi) is 2.76. The summed E-state index contributed by atoms with van der Waals surface area (Å²) in [6.07, 6.45) is 1.05. The smallest absolute Gasteiger partial charge is 0.228 e. The van der Waals surface area contributed by atoms with Gasteiger partial charge in [-0.05, 0) is 26.2 Å². The second-order valence-corrected chi connectivity index (χ2v) is 4.10. The van der Waals surface area contributed by atoms with E-state index in [-0.39, 0.29) is 0 Å². The third-order valence-corrected chi connectivity index (χ3v) is 2.74. The molecule has 1 aliphatic heterocycles. The molecule has 1 fully saturated rings. The number of hydrogen-bond donors (Lipinski definition) is 0. The van der Waals surface area contributed by atoms with Crippen molar-refractivity contribution < 1.29 is 4.79 Å². The van der Waals surface area contributed by atoms with Crippen LogP contribution in [0.1, 0.15) is 34.1 Å². The molecule has 2 heteroatoms. The number of amides is 1. The minimum atomic E-state index is 0.310. The Morgan fingerprint density at radius 2 is 2.08 bits per heavy atom. The van der Waals surface area contributed by atoms with E-state index >= 15 is 0 Å². The number of β-lactam (4-membered cyclic amide) rings is 1. The summed E-state index contributed by atoms with van der Waals surface area (Å²) in [7, 11) is 0. The van der Waals surface area contributed by atoms with Crippen LogP contribution in [0.5, 0.6) is 0 Å². The number of nitrogens with zero attached hydrogens (tertiary/aromatic N) is 1. The summed E-state index contributed by atoms with van der Waals surface area (Å²) >= 11 is 0. The topological polar surface area (TPSA) is 20.3 Å². The number of likely N-dealkylation sites (tertiary alicyclic amines) is 1. The highest BCUT2D eigenvalue weighted by Crippen LogP contribution is 2.30. The van der Waals surface area contributed by atoms with Crippen LogP contribution in [0.3, 0.4) is 0 Å². The lowest BCUT2D eigenvalue weighted by atomic mass is 9.82. The molecule has 2 nitrogen and oxygen atoms in total. The molecule has 0 aliphatic carbocycles. The molecule has 1 rings (SSSR count). The van der Waals surface area contributed by atoms with Gasteiger partial charge in [0.05, 0.1) is 5.92 Å². The minimum absolute atomic E-state index is 0.310. The Morgan fingerprint density at radius 3 is 2.42 bits per heavy atom. The van der Waals surface area contributed by atoms with E-state index in [0.717, 1.165) is 13.0 Å². The van der Waals surface area contributed by atoms with Gasteiger partial charge >= 0.3 is 0 Å². The van der Waals surface area contributed by atoms with Gasteiger partial charge in [0.25, 0.3) is 0 Å². The van der Waals surface area contributed by atoms with Crippen LogP contribution < -0.4 is 0 Å². The highest BCUT2D eigenvalue weighted by molar-refractivity contribution is 5.85. The fraction of sp³-hybridized carbons (Fsp3) is 0.900. The van der Waals surface area contributed by atoms with Gasteiger partial charge in [-0.2, -0.15) is 0 Å². The van der Waals surface area contributed by atoms with Crippen molar-refractivity contribution in [2.24, 2.45) is 11.8 Å². The van der Waals surface area contributed by atoms with Crippen molar-refractivity contribution in [3.05, 3.63) is 0 Å². The standard InChI is InChI=1S/C10H19NO/c1-5-11-8(4)9(10(11)12)6-7(2)3/h7-9H,5-6H2,1-4H3/t8-,9-/m1/s1. The number of hydrogen-bond acceptors (Lipinski definition) is 1. The summed E-state index contributed by atoms with van der Waals surface area (Å²) in [5.74, 6) is 1.31. The Morgan fingerprint density at radius 1 is 1.50 bits per heavy atom. The molecule has 1 heterocycles. The first-order valence-corrected chi connectivity index (χ1v) is 4.88. The quantitative estimate of drug-likeness (QED) is 0.591. The van der Waals surface area contributed by atoms with Crippen LogP contribution in [0.2, 0.25) is 0 Å². The lowest BCUT2D eigenvalue weighted by Crippen LogP contribution is -2.59. The van der Waals surface area contributed by atoms with Crippen LogP contribution in [-0.4, -0.2) is 23.4 Å². The maximum Gasteiger partial charge on any atom is 0.228 e. The Labute approximate surface area is 74.9 Å². The summed E-state index contributed by atoms with van der Waals surface area (Å²) in [6.45, 7) is 9.41. The van der Waals surface area contributed by atoms with Gasteiger partial charge in [0.1, 0.15) is 0 Å². The van der Waals surface area contributed by atoms with E-state index in [2.05, 4.69) is 20.8 Å². The largest absolute Gasteiger partial charge is 0.339 e. The van der Waals surface area contributed by atoms with Crippen molar-refractivity contribution >= 4 is 5.91 Å². The summed E-state index contributed by atoms with van der Waals surface area (Å²) in [5, 5.41) is 0. The van der Waals surface area contributed by atoms with Crippen LogP contribution in [0.15, 0.2) is 0 Å². The molecule has 0 saturated carbocycles. The van der Waals surface area contributed by atoms with Crippen LogP contribution in [0, 0.1) is 11.8 Å². The number of carbonyl (C=O) groups is 1. The van der Waals surface area contributed by atoms with E-state index in [1.807, 2.05) is 11.8 Å². The molecule has 0 unspecified atom stereocenters. The third-order valence-electron chi connectivity index (χ3n) is 2.74. The predicted octanol–water partition coefficient (Wildman–Crippen LogP) is 1.90. The van der Waals surface area contributed by atoms with Gasteiger partial charge in [0.15, 0.2) is 0 Å². The van der Waals surface area contributed by atoms with E-state index in [4.69, 9.17) is 0 Å². The van der Waals surface area contributed by atoms with E-state index in [1.54, 1.807) is 0 Å². The molecular formula is C10H19NO. The predicted molar refractivity (Wildman–Crippen MR) is 49.8 cm³/mol. The van der Waals surface area contributed by atoms with Crippen molar-refractivity contribution in [1.82, 2.24) is 4.90 Å². The number of rotatable bonds is 3. The van der Waals surface area contributed by atoms with Crippen molar-refractivity contribution in [1.29, 1.82) is 0 Å². The maximum absolute atomic E-state index is 11.5. The summed E-state index contributed by atoms with van der Waals surface area (Å²) in [6, 6.07) is 0.477. The van der Waals surface area contributed by atoms with Crippen molar-refractivity contribution in [2.75, 3.05) is 6.54 Å². The zero-order valence-corrected chi connectivity index (χ0v) is 8.50. The van der Waals surface area contributed by atoms with Gasteiger partial charge < -0.3 is 4.90 Å². The normalized spacial score (nSPS) is 29.4. The number of carbonyl (C=O) groups excluding carboxylic acids is 1. The fourth-order valence-electron chi connectivity index (χ4n) is 2.00. The summed E-state index contributed by atoms with van der Waals surface area (Å²) < 4.78 is 0. The van der Waals surface area contributed by atoms with E-state index in [0.29, 0.717) is 23.8 Å². The molecule has 0 aromatic carbocycles. The molecule has 1 aliphatic rings. The lowest BCUT2D eigenvalue weighted by molar-refractivity contribution is -0.155. The molecule has 70 valence electrons. The minimum Gasteiger partial charge on any atom is -0.339 e. The SMILES string of the molecule is CCN1C(=O)[C@H](CC(C)C)[C@H]1C. The van der Waals surface area contributed by atoms with Crippen molar-refractivity contribution in [3.63, 3.8) is 0 Å². The molecule has 0 aromatic rings. The van der Waals surface area contributed by atoms with Gasteiger partial charge in [0.2, 0.25) is 5.91 Å². The second-order valence-electron chi connectivity index (χ2n) is 4.10. The first-order chi connectivity index (χ1) is 5.57. The Bertz CT molecular complexity index is 177. The Hall–Kier alpha value is -0.530. The van der Waals surface area contributed by atoms with Crippen molar-refractivity contribution in [3.8, 4) is 0 Å². The van der Waals surface area contributed by atoms with Gasteiger partial charge in [-0.25, -0.2) is 0 Å². The monoisotopic (exact) mass is 169 g/mol. The maximum atomic E-state index is 11.5. The molecule has 1 amide bonds. The molecule has 0 aromatic heterocycles. The van der Waals surface area contributed by atoms with Crippen LogP contribution in [-0.2, 0) is 4.79 Å². The zero-order chi connectivity index (χ0) is 9.30. The molecule has 0 radical (unpaired) electrons. The first kappa shape index (κ1) is 9.56. The average Bonchev–Trinajstić information content (AvgIpc) is 2.01. The summed E-state index contributed by atoms with van der Waals surface area (Å²) in [5.41, 5.74) is 0. The molecular weight excluding hydrogens is 150 g/mol. The second kappa shape index (κ2) is 3.46. The van der Waals surface area contributed by atoms with Gasteiger partial charge in [-0.3, -0.25) is 4.79 Å². The molecule has 0 N–H and O–H groups in total. The van der Waals surface area contributed by atoms with Gasteiger partial charge in [-0.15, -0.1) is 0 Å². The van der Waals surface area contributed by atoms with Gasteiger partial charge in [-0.1, -0.05) is 13.8 Å². The highest BCUT2D eigenvalue weighted by Gasteiger charge is 2.42. The van der Waals surface area contributed by atoms with E-state index < -0.39 is 0 Å². The van der Waals surface area contributed by atoms with Crippen molar-refractivity contribution in [2.45, 2.75) is 40.2 Å². The van der Waals surface area contributed by atoms with E-state index in [1.165, 1.54) is 0 Å². The van der Waals surface area contributed by atoms with Crippen LogP contribution >= 0.6 is 0 Å².